The highest BCUT2D eigenvalue weighted by atomic mass is 32.2. The van der Waals surface area contributed by atoms with Crippen LogP contribution in [0.4, 0.5) is 0 Å². The molecule has 246 valence electrons. The predicted octanol–water partition coefficient (Wildman–Crippen LogP) is 2.78. The lowest BCUT2D eigenvalue weighted by molar-refractivity contribution is -0.139. The number of aliphatic carboxylic acids is 3. The lowest BCUT2D eigenvalue weighted by Gasteiger charge is -2.23. The van der Waals surface area contributed by atoms with Gasteiger partial charge in [0.2, 0.25) is 11.8 Å². The van der Waals surface area contributed by atoms with Crippen molar-refractivity contribution < 1.29 is 44.4 Å². The van der Waals surface area contributed by atoms with E-state index in [0.717, 1.165) is 18.2 Å². The maximum absolute atomic E-state index is 12.7. The van der Waals surface area contributed by atoms with Crippen LogP contribution >= 0.6 is 11.8 Å². The monoisotopic (exact) mass is 637 g/mol. The molecule has 1 aliphatic carbocycles. The highest BCUT2D eigenvalue weighted by Gasteiger charge is 2.25. The topological polar surface area (TPSA) is 216 Å². The number of carboxylic acids is 3. The zero-order valence-electron chi connectivity index (χ0n) is 25.0. The largest absolute Gasteiger partial charge is 0.481 e. The first kappa shape index (κ1) is 38.6. The number of allylic oxidation sites excluding steroid dienone is 7. The van der Waals surface area contributed by atoms with Crippen molar-refractivity contribution in [1.82, 2.24) is 10.6 Å². The van der Waals surface area contributed by atoms with Gasteiger partial charge in [0.1, 0.15) is 18.6 Å². The first-order valence-corrected chi connectivity index (χ1v) is 16.0. The first-order valence-electron chi connectivity index (χ1n) is 14.9. The average Bonchev–Trinajstić information content (AvgIpc) is 2.98. The number of carbonyl (C=O) groups excluding carboxylic acids is 2. The highest BCUT2D eigenvalue weighted by Crippen LogP contribution is 2.24. The fourth-order valence-electron chi connectivity index (χ4n) is 4.41. The number of nitrogens with two attached hydrogens (primary N) is 1. The van der Waals surface area contributed by atoms with E-state index in [2.05, 4.69) is 22.8 Å². The summed E-state index contributed by atoms with van der Waals surface area (Å²) in [6.07, 6.45) is 21.6. The number of aliphatic hydroxyl groups excluding tert-OH is 1. The van der Waals surface area contributed by atoms with E-state index in [4.69, 9.17) is 21.1 Å². The molecule has 4 atom stereocenters. The second kappa shape index (κ2) is 23.0. The normalized spacial score (nSPS) is 17.1. The molecule has 2 unspecified atom stereocenters. The predicted molar refractivity (Wildman–Crippen MR) is 169 cm³/mol. The van der Waals surface area contributed by atoms with Gasteiger partial charge in [-0.3, -0.25) is 24.0 Å². The van der Waals surface area contributed by atoms with Crippen LogP contribution in [0.1, 0.15) is 70.6 Å². The molecule has 0 spiro atoms. The first-order chi connectivity index (χ1) is 21.0. The van der Waals surface area contributed by atoms with Crippen LogP contribution in [-0.4, -0.2) is 85.9 Å². The van der Waals surface area contributed by atoms with Crippen molar-refractivity contribution in [2.45, 2.75) is 94.1 Å². The fraction of sp³-hybridized carbons (Fsp3) is 0.581. The third-order valence-electron chi connectivity index (χ3n) is 6.89. The van der Waals surface area contributed by atoms with Crippen molar-refractivity contribution in [2.75, 3.05) is 12.3 Å². The molecule has 0 saturated heterocycles. The maximum atomic E-state index is 12.7. The summed E-state index contributed by atoms with van der Waals surface area (Å²) in [6, 6.07) is -2.44. The van der Waals surface area contributed by atoms with Gasteiger partial charge in [-0.25, -0.2) is 0 Å². The molecule has 44 heavy (non-hydrogen) atoms. The van der Waals surface area contributed by atoms with Crippen molar-refractivity contribution in [2.24, 2.45) is 11.7 Å². The minimum atomic E-state index is -1.28. The zero-order valence-corrected chi connectivity index (χ0v) is 25.8. The van der Waals surface area contributed by atoms with Crippen molar-refractivity contribution >= 4 is 41.5 Å². The molecule has 13 heteroatoms. The van der Waals surface area contributed by atoms with Crippen molar-refractivity contribution in [1.29, 1.82) is 0 Å². The number of hydrogen-bond acceptors (Lipinski definition) is 8. The molecule has 0 heterocycles. The molecule has 2 amide bonds. The molecule has 0 aromatic rings. The summed E-state index contributed by atoms with van der Waals surface area (Å²) in [5.41, 5.74) is 5.44. The van der Waals surface area contributed by atoms with Gasteiger partial charge in [-0.2, -0.15) is 0 Å². The van der Waals surface area contributed by atoms with E-state index < -0.39 is 59.7 Å². The van der Waals surface area contributed by atoms with Gasteiger partial charge in [-0.15, -0.1) is 11.8 Å². The molecule has 0 bridgehead atoms. The van der Waals surface area contributed by atoms with E-state index in [1.807, 2.05) is 18.2 Å². The molecule has 0 aromatic carbocycles. The summed E-state index contributed by atoms with van der Waals surface area (Å²) in [5, 5.41) is 41.7. The Hall–Kier alpha value is -3.42. The van der Waals surface area contributed by atoms with Crippen LogP contribution in [0.15, 0.2) is 48.6 Å². The highest BCUT2D eigenvalue weighted by molar-refractivity contribution is 8.00. The summed E-state index contributed by atoms with van der Waals surface area (Å²) >= 11 is 1.13. The molecule has 12 nitrogen and oxygen atoms in total. The molecular weight excluding hydrogens is 590 g/mol. The molecular formula is C31H47N3O9S. The Bertz CT molecular complexity index is 1040. The third-order valence-corrected chi connectivity index (χ3v) is 8.27. The van der Waals surface area contributed by atoms with Gasteiger partial charge >= 0.3 is 17.9 Å². The number of carbonyl (C=O) groups is 5. The van der Waals surface area contributed by atoms with Crippen molar-refractivity contribution in [3.05, 3.63) is 48.6 Å². The zero-order chi connectivity index (χ0) is 32.7. The molecule has 0 radical (unpaired) electrons. The van der Waals surface area contributed by atoms with Gasteiger partial charge in [-0.1, -0.05) is 67.9 Å². The fourth-order valence-corrected chi connectivity index (χ4v) is 5.62. The Labute approximate surface area is 262 Å². The molecule has 1 aliphatic rings. The average molecular weight is 638 g/mol. The number of thioether (sulfide) groups is 1. The number of carboxylic acid groups (broad SMARTS) is 3. The third kappa shape index (κ3) is 19.0. The van der Waals surface area contributed by atoms with Gasteiger partial charge in [0.25, 0.3) is 0 Å². The van der Waals surface area contributed by atoms with E-state index in [1.54, 1.807) is 18.2 Å². The molecule has 0 aliphatic heterocycles. The number of aliphatic hydroxyl groups is 1. The minimum absolute atomic E-state index is 0.0515. The van der Waals surface area contributed by atoms with Crippen LogP contribution in [0.25, 0.3) is 0 Å². The quantitative estimate of drug-likeness (QED) is 0.0676. The van der Waals surface area contributed by atoms with E-state index in [0.29, 0.717) is 5.92 Å². The second-order valence-electron chi connectivity index (χ2n) is 10.6. The molecule has 1 fully saturated rings. The Morgan fingerprint density at radius 2 is 1.59 bits per heavy atom. The SMILES string of the molecule is NC(CCC(=O)NC(CS[C@H](/C=C/C=C/C=C\C/C=C/C1CCCCC1)[C@@H](O)CCCC(=O)O)C(=O)NCC(=O)O)C(=O)O. The number of nitrogens with one attached hydrogen (secondary N) is 2. The summed E-state index contributed by atoms with van der Waals surface area (Å²) in [6.45, 7) is -0.671. The van der Waals surface area contributed by atoms with Gasteiger partial charge in [0, 0.05) is 23.8 Å². The number of rotatable bonds is 22. The summed E-state index contributed by atoms with van der Waals surface area (Å²) in [4.78, 5) is 57.9. The molecule has 8 N–H and O–H groups in total. The van der Waals surface area contributed by atoms with Gasteiger partial charge in [0.05, 0.1) is 6.10 Å². The van der Waals surface area contributed by atoms with E-state index >= 15 is 0 Å². The Kier molecular flexibility index (Phi) is 20.2. The summed E-state index contributed by atoms with van der Waals surface area (Å²) in [7, 11) is 0. The van der Waals surface area contributed by atoms with Crippen LogP contribution in [0.2, 0.25) is 0 Å². The Morgan fingerprint density at radius 1 is 0.886 bits per heavy atom. The van der Waals surface area contributed by atoms with Crippen LogP contribution in [-0.2, 0) is 24.0 Å². The van der Waals surface area contributed by atoms with E-state index in [1.165, 1.54) is 32.1 Å². The Balaban J connectivity index is 2.84. The minimum Gasteiger partial charge on any atom is -0.481 e. The van der Waals surface area contributed by atoms with Crippen molar-refractivity contribution in [3.8, 4) is 0 Å². The maximum Gasteiger partial charge on any atom is 0.322 e. The lowest BCUT2D eigenvalue weighted by atomic mass is 9.89. The molecule has 1 rings (SSSR count). The van der Waals surface area contributed by atoms with E-state index in [-0.39, 0.29) is 37.9 Å². The number of hydrogen-bond donors (Lipinski definition) is 7. The van der Waals surface area contributed by atoms with Crippen LogP contribution in [0.5, 0.6) is 0 Å². The molecule has 1 saturated carbocycles. The lowest BCUT2D eigenvalue weighted by Crippen LogP contribution is -2.50. The Morgan fingerprint density at radius 3 is 2.25 bits per heavy atom. The second-order valence-corrected chi connectivity index (χ2v) is 11.8. The van der Waals surface area contributed by atoms with Gasteiger partial charge in [-0.05, 0) is 44.4 Å². The smallest absolute Gasteiger partial charge is 0.322 e. The molecule has 0 aromatic heterocycles. The van der Waals surface area contributed by atoms with Crippen LogP contribution in [0.3, 0.4) is 0 Å². The van der Waals surface area contributed by atoms with Gasteiger partial charge in [0.15, 0.2) is 0 Å². The summed E-state index contributed by atoms with van der Waals surface area (Å²) in [5.74, 6) is -4.31. The summed E-state index contributed by atoms with van der Waals surface area (Å²) < 4.78 is 0. The van der Waals surface area contributed by atoms with Crippen LogP contribution < -0.4 is 16.4 Å². The van der Waals surface area contributed by atoms with Crippen molar-refractivity contribution in [3.63, 3.8) is 0 Å². The van der Waals surface area contributed by atoms with E-state index in [9.17, 15) is 29.1 Å². The number of amides is 2. The van der Waals surface area contributed by atoms with Gasteiger partial charge < -0.3 is 36.8 Å². The van der Waals surface area contributed by atoms with Crippen LogP contribution in [0, 0.1) is 5.92 Å². The standard InChI is InChI=1S/C31H47N3O9S/c32-23(31(42)43)18-19-27(36)34-24(30(41)33-20-29(39)40)21-44-26(25(35)15-11-17-28(37)38)16-10-5-3-1-2-4-7-12-22-13-8-6-9-14-22/h1-3,5,7,10,12,16,22-26,35H,4,6,8-9,11,13-15,17-21,32H2,(H,33,41)(H,34,36)(H,37,38)(H,39,40)(H,42,43)/b2-1-,5-3+,12-7+,16-10+/t23?,24?,25-,26+/m0/s1.